The Bertz CT molecular complexity index is 422. The van der Waals surface area contributed by atoms with Gasteiger partial charge >= 0.3 is 0 Å². The SMILES string of the molecule is COc1ccc(N[C@@H](C)c2ccsc2)cc1. The van der Waals surface area contributed by atoms with Crippen molar-refractivity contribution in [3.8, 4) is 5.75 Å². The zero-order valence-corrected chi connectivity index (χ0v) is 10.3. The van der Waals surface area contributed by atoms with Crippen LogP contribution in [0.25, 0.3) is 0 Å². The normalized spacial score (nSPS) is 12.1. The first-order valence-corrected chi connectivity index (χ1v) is 6.16. The summed E-state index contributed by atoms with van der Waals surface area (Å²) in [6.07, 6.45) is 0. The Kier molecular flexibility index (Phi) is 3.47. The van der Waals surface area contributed by atoms with Gasteiger partial charge < -0.3 is 10.1 Å². The summed E-state index contributed by atoms with van der Waals surface area (Å²) in [5.74, 6) is 0.883. The van der Waals surface area contributed by atoms with E-state index in [2.05, 4.69) is 29.1 Å². The molecular formula is C13H15NOS. The Labute approximate surface area is 99.9 Å². The van der Waals surface area contributed by atoms with Crippen molar-refractivity contribution in [2.24, 2.45) is 0 Å². The molecule has 0 fully saturated rings. The van der Waals surface area contributed by atoms with Crippen LogP contribution in [0, 0.1) is 0 Å². The van der Waals surface area contributed by atoms with E-state index in [9.17, 15) is 0 Å². The molecule has 84 valence electrons. The molecule has 2 aromatic rings. The average Bonchev–Trinajstić information content (AvgIpc) is 2.83. The highest BCUT2D eigenvalue weighted by Gasteiger charge is 2.05. The number of nitrogens with one attached hydrogen (secondary N) is 1. The molecule has 2 rings (SSSR count). The lowest BCUT2D eigenvalue weighted by Crippen LogP contribution is -2.05. The van der Waals surface area contributed by atoms with Crippen molar-refractivity contribution in [2.45, 2.75) is 13.0 Å². The molecule has 0 radical (unpaired) electrons. The van der Waals surface area contributed by atoms with Crippen molar-refractivity contribution in [3.05, 3.63) is 46.7 Å². The number of rotatable bonds is 4. The monoisotopic (exact) mass is 233 g/mol. The third kappa shape index (κ3) is 2.55. The van der Waals surface area contributed by atoms with Crippen molar-refractivity contribution in [1.29, 1.82) is 0 Å². The summed E-state index contributed by atoms with van der Waals surface area (Å²) >= 11 is 1.72. The Morgan fingerprint density at radius 1 is 1.19 bits per heavy atom. The van der Waals surface area contributed by atoms with Crippen molar-refractivity contribution in [3.63, 3.8) is 0 Å². The summed E-state index contributed by atoms with van der Waals surface area (Å²) in [6.45, 7) is 2.16. The van der Waals surface area contributed by atoms with E-state index in [-0.39, 0.29) is 0 Å². The Balaban J connectivity index is 2.03. The molecule has 1 atom stereocenters. The van der Waals surface area contributed by atoms with Gasteiger partial charge in [0.25, 0.3) is 0 Å². The van der Waals surface area contributed by atoms with E-state index in [1.165, 1.54) is 5.56 Å². The summed E-state index contributed by atoms with van der Waals surface area (Å²) in [5, 5.41) is 7.71. The highest BCUT2D eigenvalue weighted by atomic mass is 32.1. The first-order valence-electron chi connectivity index (χ1n) is 5.22. The van der Waals surface area contributed by atoms with Crippen molar-refractivity contribution in [1.82, 2.24) is 0 Å². The smallest absolute Gasteiger partial charge is 0.119 e. The lowest BCUT2D eigenvalue weighted by molar-refractivity contribution is 0.415. The quantitative estimate of drug-likeness (QED) is 0.864. The van der Waals surface area contributed by atoms with Gasteiger partial charge in [-0.1, -0.05) is 0 Å². The molecule has 1 aromatic carbocycles. The fraction of sp³-hybridized carbons (Fsp3) is 0.231. The molecule has 0 saturated carbocycles. The van der Waals surface area contributed by atoms with Gasteiger partial charge in [0.2, 0.25) is 0 Å². The molecule has 0 saturated heterocycles. The second-order valence-corrected chi connectivity index (χ2v) is 4.43. The van der Waals surface area contributed by atoms with Crippen molar-refractivity contribution >= 4 is 17.0 Å². The van der Waals surface area contributed by atoms with Crippen LogP contribution in [-0.2, 0) is 0 Å². The summed E-state index contributed by atoms with van der Waals surface area (Å²) in [4.78, 5) is 0. The molecule has 0 amide bonds. The predicted molar refractivity (Wildman–Crippen MR) is 69.4 cm³/mol. The van der Waals surface area contributed by atoms with Crippen molar-refractivity contribution < 1.29 is 4.74 Å². The summed E-state index contributed by atoms with van der Waals surface area (Å²) in [7, 11) is 1.68. The van der Waals surface area contributed by atoms with E-state index in [4.69, 9.17) is 4.74 Å². The highest BCUT2D eigenvalue weighted by Crippen LogP contribution is 2.22. The fourth-order valence-corrected chi connectivity index (χ4v) is 2.30. The first kappa shape index (κ1) is 11.0. The molecule has 1 aromatic heterocycles. The van der Waals surface area contributed by atoms with Crippen LogP contribution in [0.3, 0.4) is 0 Å². The first-order chi connectivity index (χ1) is 7.79. The summed E-state index contributed by atoms with van der Waals surface area (Å²) in [5.41, 5.74) is 2.43. The molecule has 0 aliphatic rings. The number of anilines is 1. The van der Waals surface area contributed by atoms with Crippen LogP contribution >= 0.6 is 11.3 Å². The van der Waals surface area contributed by atoms with E-state index in [0.29, 0.717) is 6.04 Å². The van der Waals surface area contributed by atoms with Crippen molar-refractivity contribution in [2.75, 3.05) is 12.4 Å². The van der Waals surface area contributed by atoms with Gasteiger partial charge in [-0.25, -0.2) is 0 Å². The molecule has 3 heteroatoms. The average molecular weight is 233 g/mol. The molecule has 0 aliphatic heterocycles. The van der Waals surface area contributed by atoms with Gasteiger partial charge in [0, 0.05) is 11.7 Å². The molecule has 0 unspecified atom stereocenters. The van der Waals surface area contributed by atoms with Crippen LogP contribution in [0.1, 0.15) is 18.5 Å². The lowest BCUT2D eigenvalue weighted by atomic mass is 10.1. The molecule has 16 heavy (non-hydrogen) atoms. The maximum Gasteiger partial charge on any atom is 0.119 e. The zero-order valence-electron chi connectivity index (χ0n) is 9.44. The van der Waals surface area contributed by atoms with Crippen LogP contribution < -0.4 is 10.1 Å². The number of hydrogen-bond acceptors (Lipinski definition) is 3. The third-order valence-electron chi connectivity index (χ3n) is 2.52. The number of benzene rings is 1. The number of ether oxygens (including phenoxy) is 1. The predicted octanol–water partition coefficient (Wildman–Crippen LogP) is 3.93. The zero-order chi connectivity index (χ0) is 11.4. The minimum absolute atomic E-state index is 0.333. The van der Waals surface area contributed by atoms with Gasteiger partial charge in [-0.2, -0.15) is 11.3 Å². The summed E-state index contributed by atoms with van der Waals surface area (Å²) in [6, 6.07) is 10.5. The van der Waals surface area contributed by atoms with E-state index < -0.39 is 0 Å². The minimum Gasteiger partial charge on any atom is -0.497 e. The number of methoxy groups -OCH3 is 1. The van der Waals surface area contributed by atoms with Gasteiger partial charge in [0.15, 0.2) is 0 Å². The number of thiophene rings is 1. The van der Waals surface area contributed by atoms with E-state index in [0.717, 1.165) is 11.4 Å². The van der Waals surface area contributed by atoms with Gasteiger partial charge in [-0.3, -0.25) is 0 Å². The van der Waals surface area contributed by atoms with Gasteiger partial charge in [0.1, 0.15) is 5.75 Å². The molecule has 0 aliphatic carbocycles. The molecular weight excluding hydrogens is 218 g/mol. The summed E-state index contributed by atoms with van der Waals surface area (Å²) < 4.78 is 5.12. The largest absolute Gasteiger partial charge is 0.497 e. The Morgan fingerprint density at radius 2 is 1.94 bits per heavy atom. The minimum atomic E-state index is 0.333. The molecule has 1 heterocycles. The Morgan fingerprint density at radius 3 is 2.50 bits per heavy atom. The topological polar surface area (TPSA) is 21.3 Å². The number of hydrogen-bond donors (Lipinski definition) is 1. The van der Waals surface area contributed by atoms with Crippen LogP contribution in [0.15, 0.2) is 41.1 Å². The third-order valence-corrected chi connectivity index (χ3v) is 3.22. The van der Waals surface area contributed by atoms with Crippen LogP contribution in [0.2, 0.25) is 0 Å². The fourth-order valence-electron chi connectivity index (χ4n) is 1.54. The molecule has 0 spiro atoms. The second-order valence-electron chi connectivity index (χ2n) is 3.65. The molecule has 1 N–H and O–H groups in total. The van der Waals surface area contributed by atoms with Crippen LogP contribution in [0.4, 0.5) is 5.69 Å². The van der Waals surface area contributed by atoms with Gasteiger partial charge in [0.05, 0.1) is 7.11 Å². The van der Waals surface area contributed by atoms with E-state index >= 15 is 0 Å². The van der Waals surface area contributed by atoms with E-state index in [1.54, 1.807) is 18.4 Å². The van der Waals surface area contributed by atoms with Crippen LogP contribution in [0.5, 0.6) is 5.75 Å². The maximum atomic E-state index is 5.12. The maximum absolute atomic E-state index is 5.12. The van der Waals surface area contributed by atoms with E-state index in [1.807, 2.05) is 24.3 Å². The highest BCUT2D eigenvalue weighted by molar-refractivity contribution is 7.07. The second kappa shape index (κ2) is 5.03. The molecule has 2 nitrogen and oxygen atoms in total. The lowest BCUT2D eigenvalue weighted by Gasteiger charge is -2.14. The standard InChI is InChI=1S/C13H15NOS/c1-10(11-7-8-16-9-11)14-12-3-5-13(15-2)6-4-12/h3-10,14H,1-2H3/t10-/m0/s1. The van der Waals surface area contributed by atoms with Gasteiger partial charge in [-0.15, -0.1) is 0 Å². The Hall–Kier alpha value is -1.48. The molecule has 0 bridgehead atoms. The van der Waals surface area contributed by atoms with Crippen LogP contribution in [-0.4, -0.2) is 7.11 Å². The van der Waals surface area contributed by atoms with Gasteiger partial charge in [-0.05, 0) is 53.6 Å².